The first kappa shape index (κ1) is 24.4. The van der Waals surface area contributed by atoms with Gasteiger partial charge in [-0.15, -0.1) is 24.0 Å². The Balaban J connectivity index is 0.00000289. The highest BCUT2D eigenvalue weighted by Gasteiger charge is 2.23. The Morgan fingerprint density at radius 1 is 1.19 bits per heavy atom. The first-order valence-corrected chi connectivity index (χ1v) is 11.0. The van der Waals surface area contributed by atoms with Crippen LogP contribution in [0, 0.1) is 6.92 Å². The standard InChI is InChI=1S/C24H29ClN6.HI/c1-18-27-10-12-30(18)16-20-6-3-5-19(13-20)15-28-24(26-2)29-22-9-11-31(17-22)23-8-4-7-21(25)14-23;/h3-8,10,12-14,22H,9,11,15-17H2,1-2H3,(H2,26,28,29);1H. The number of guanidine groups is 1. The van der Waals surface area contributed by atoms with Crippen molar-refractivity contribution in [2.45, 2.75) is 32.5 Å². The van der Waals surface area contributed by atoms with Crippen molar-refractivity contribution < 1.29 is 0 Å². The van der Waals surface area contributed by atoms with E-state index in [0.29, 0.717) is 6.04 Å². The zero-order chi connectivity index (χ0) is 21.6. The first-order chi connectivity index (χ1) is 15.1. The predicted octanol–water partition coefficient (Wildman–Crippen LogP) is 4.46. The lowest BCUT2D eigenvalue weighted by Gasteiger charge is -2.20. The Kier molecular flexibility index (Phi) is 8.81. The maximum Gasteiger partial charge on any atom is 0.191 e. The first-order valence-electron chi connectivity index (χ1n) is 10.6. The Morgan fingerprint density at radius 2 is 2.00 bits per heavy atom. The lowest BCUT2D eigenvalue weighted by molar-refractivity contribution is 0.648. The average Bonchev–Trinajstić information content (AvgIpc) is 3.40. The smallest absolute Gasteiger partial charge is 0.191 e. The molecule has 1 fully saturated rings. The van der Waals surface area contributed by atoms with Crippen LogP contribution in [0.3, 0.4) is 0 Å². The summed E-state index contributed by atoms with van der Waals surface area (Å²) in [6, 6.07) is 17.0. The molecular weight excluding hydrogens is 535 g/mol. The number of aliphatic imine (C=N–C) groups is 1. The van der Waals surface area contributed by atoms with E-state index in [-0.39, 0.29) is 24.0 Å². The van der Waals surface area contributed by atoms with E-state index in [9.17, 15) is 0 Å². The molecule has 1 aliphatic heterocycles. The molecule has 4 rings (SSSR count). The molecule has 0 saturated carbocycles. The largest absolute Gasteiger partial charge is 0.369 e. The fourth-order valence-corrected chi connectivity index (χ4v) is 4.15. The van der Waals surface area contributed by atoms with Gasteiger partial charge in [0.25, 0.3) is 0 Å². The van der Waals surface area contributed by atoms with Crippen molar-refractivity contribution in [1.29, 1.82) is 0 Å². The number of rotatable bonds is 6. The fourth-order valence-electron chi connectivity index (χ4n) is 3.96. The van der Waals surface area contributed by atoms with Crippen molar-refractivity contribution in [2.24, 2.45) is 4.99 Å². The molecule has 32 heavy (non-hydrogen) atoms. The van der Waals surface area contributed by atoms with Crippen molar-refractivity contribution in [3.63, 3.8) is 0 Å². The summed E-state index contributed by atoms with van der Waals surface area (Å²) >= 11 is 6.15. The molecule has 2 heterocycles. The third kappa shape index (κ3) is 6.38. The minimum Gasteiger partial charge on any atom is -0.369 e. The number of nitrogens with zero attached hydrogens (tertiary/aromatic N) is 4. The van der Waals surface area contributed by atoms with Crippen LogP contribution in [0.4, 0.5) is 5.69 Å². The maximum absolute atomic E-state index is 6.15. The zero-order valence-corrected chi connectivity index (χ0v) is 21.5. The van der Waals surface area contributed by atoms with E-state index in [0.717, 1.165) is 49.4 Å². The van der Waals surface area contributed by atoms with E-state index in [2.05, 4.69) is 60.4 Å². The molecule has 0 radical (unpaired) electrons. The molecular formula is C24H30ClIN6. The summed E-state index contributed by atoms with van der Waals surface area (Å²) in [5, 5.41) is 7.79. The summed E-state index contributed by atoms with van der Waals surface area (Å²) in [5.41, 5.74) is 3.66. The molecule has 2 N–H and O–H groups in total. The highest BCUT2D eigenvalue weighted by atomic mass is 127. The summed E-state index contributed by atoms with van der Waals surface area (Å²) in [7, 11) is 1.82. The van der Waals surface area contributed by atoms with Gasteiger partial charge >= 0.3 is 0 Å². The van der Waals surface area contributed by atoms with Gasteiger partial charge in [-0.1, -0.05) is 41.9 Å². The molecule has 0 spiro atoms. The molecule has 1 saturated heterocycles. The van der Waals surface area contributed by atoms with Gasteiger partial charge < -0.3 is 20.1 Å². The fraction of sp³-hybridized carbons (Fsp3) is 0.333. The summed E-state index contributed by atoms with van der Waals surface area (Å²) in [5.74, 6) is 1.85. The van der Waals surface area contributed by atoms with Gasteiger partial charge in [-0.05, 0) is 42.7 Å². The Morgan fingerprint density at radius 3 is 2.75 bits per heavy atom. The third-order valence-corrected chi connectivity index (χ3v) is 5.89. The van der Waals surface area contributed by atoms with E-state index < -0.39 is 0 Å². The van der Waals surface area contributed by atoms with Crippen molar-refractivity contribution in [2.75, 3.05) is 25.0 Å². The number of anilines is 1. The molecule has 0 amide bonds. The van der Waals surface area contributed by atoms with Gasteiger partial charge in [-0.3, -0.25) is 4.99 Å². The van der Waals surface area contributed by atoms with Crippen LogP contribution in [0.2, 0.25) is 5.02 Å². The van der Waals surface area contributed by atoms with Crippen LogP contribution in [0.5, 0.6) is 0 Å². The summed E-state index contributed by atoms with van der Waals surface area (Å²) < 4.78 is 2.15. The summed E-state index contributed by atoms with van der Waals surface area (Å²) in [6.45, 7) is 5.51. The topological polar surface area (TPSA) is 57.5 Å². The molecule has 170 valence electrons. The second kappa shape index (κ2) is 11.6. The van der Waals surface area contributed by atoms with Crippen molar-refractivity contribution >= 4 is 47.2 Å². The van der Waals surface area contributed by atoms with Crippen LogP contribution in [0.15, 0.2) is 65.9 Å². The Bertz CT molecular complexity index is 1050. The lowest BCUT2D eigenvalue weighted by Crippen LogP contribution is -2.44. The van der Waals surface area contributed by atoms with Crippen LogP contribution >= 0.6 is 35.6 Å². The second-order valence-electron chi connectivity index (χ2n) is 7.90. The van der Waals surface area contributed by atoms with Gasteiger partial charge in [-0.25, -0.2) is 4.98 Å². The van der Waals surface area contributed by atoms with E-state index in [1.807, 2.05) is 44.6 Å². The number of nitrogens with one attached hydrogen (secondary N) is 2. The highest BCUT2D eigenvalue weighted by Crippen LogP contribution is 2.23. The van der Waals surface area contributed by atoms with Crippen LogP contribution in [0.25, 0.3) is 0 Å². The predicted molar refractivity (Wildman–Crippen MR) is 143 cm³/mol. The monoisotopic (exact) mass is 564 g/mol. The van der Waals surface area contributed by atoms with Gasteiger partial charge in [0, 0.05) is 62.4 Å². The molecule has 1 atom stereocenters. The molecule has 3 aromatic rings. The van der Waals surface area contributed by atoms with E-state index in [1.165, 1.54) is 16.8 Å². The molecule has 0 bridgehead atoms. The Hall–Kier alpha value is -2.26. The second-order valence-corrected chi connectivity index (χ2v) is 8.34. The average molecular weight is 565 g/mol. The molecule has 1 aliphatic rings. The van der Waals surface area contributed by atoms with E-state index in [1.54, 1.807) is 0 Å². The van der Waals surface area contributed by atoms with Gasteiger partial charge in [0.1, 0.15) is 5.82 Å². The third-order valence-electron chi connectivity index (χ3n) is 5.65. The molecule has 0 aliphatic carbocycles. The van der Waals surface area contributed by atoms with Crippen LogP contribution in [-0.4, -0.2) is 41.7 Å². The molecule has 1 unspecified atom stereocenters. The van der Waals surface area contributed by atoms with Crippen LogP contribution in [-0.2, 0) is 13.1 Å². The van der Waals surface area contributed by atoms with Crippen molar-refractivity contribution in [1.82, 2.24) is 20.2 Å². The molecule has 6 nitrogen and oxygen atoms in total. The normalized spacial score (nSPS) is 16.0. The molecule has 1 aromatic heterocycles. The lowest BCUT2D eigenvalue weighted by atomic mass is 10.1. The van der Waals surface area contributed by atoms with Crippen LogP contribution in [0.1, 0.15) is 23.4 Å². The summed E-state index contributed by atoms with van der Waals surface area (Å²) in [6.07, 6.45) is 4.92. The van der Waals surface area contributed by atoms with Gasteiger partial charge in [0.05, 0.1) is 0 Å². The number of benzene rings is 2. The number of aryl methyl sites for hydroxylation is 1. The highest BCUT2D eigenvalue weighted by molar-refractivity contribution is 14.0. The molecule has 2 aromatic carbocycles. The van der Waals surface area contributed by atoms with Gasteiger partial charge in [0.2, 0.25) is 0 Å². The number of hydrogen-bond acceptors (Lipinski definition) is 3. The number of hydrogen-bond donors (Lipinski definition) is 2. The Labute approximate surface area is 212 Å². The van der Waals surface area contributed by atoms with Gasteiger partial charge in [-0.2, -0.15) is 0 Å². The molecule has 8 heteroatoms. The summed E-state index contributed by atoms with van der Waals surface area (Å²) in [4.78, 5) is 11.1. The van der Waals surface area contributed by atoms with Crippen LogP contribution < -0.4 is 15.5 Å². The maximum atomic E-state index is 6.15. The minimum atomic E-state index is 0. The zero-order valence-electron chi connectivity index (χ0n) is 18.5. The number of aromatic nitrogens is 2. The van der Waals surface area contributed by atoms with E-state index in [4.69, 9.17) is 11.6 Å². The quantitative estimate of drug-likeness (QED) is 0.264. The van der Waals surface area contributed by atoms with E-state index >= 15 is 0 Å². The van der Waals surface area contributed by atoms with Crippen molar-refractivity contribution in [3.05, 3.63) is 82.9 Å². The minimum absolute atomic E-state index is 0. The SMILES string of the molecule is CN=C(NCc1cccc(Cn2ccnc2C)c1)NC1CCN(c2cccc(Cl)c2)C1.I. The number of halogens is 2. The number of imidazole rings is 1. The van der Waals surface area contributed by atoms with Gasteiger partial charge in [0.15, 0.2) is 5.96 Å². The van der Waals surface area contributed by atoms with Crippen molar-refractivity contribution in [3.8, 4) is 0 Å².